The summed E-state index contributed by atoms with van der Waals surface area (Å²) in [6.07, 6.45) is 0.809. The van der Waals surface area contributed by atoms with Crippen LogP contribution in [0, 0.1) is 13.8 Å². The zero-order valence-corrected chi connectivity index (χ0v) is 13.0. The highest BCUT2D eigenvalue weighted by atomic mass is 35.5. The highest BCUT2D eigenvalue weighted by molar-refractivity contribution is 6.31. The average Bonchev–Trinajstić information content (AvgIpc) is 2.61. The fourth-order valence-corrected chi connectivity index (χ4v) is 2.85. The maximum atomic E-state index is 6.31. The molecular weight excluding hydrogens is 279 g/mol. The number of nitrogens with zero attached hydrogens (tertiary/aromatic N) is 2. The first kappa shape index (κ1) is 14.4. The van der Waals surface area contributed by atoms with Gasteiger partial charge in [-0.1, -0.05) is 41.4 Å². The number of halogens is 2. The van der Waals surface area contributed by atoms with Gasteiger partial charge < -0.3 is 0 Å². The number of hydrogen-bond acceptors (Lipinski definition) is 1. The van der Waals surface area contributed by atoms with E-state index in [9.17, 15) is 0 Å². The van der Waals surface area contributed by atoms with E-state index in [4.69, 9.17) is 23.2 Å². The predicted octanol–water partition coefficient (Wildman–Crippen LogP) is 4.26. The Morgan fingerprint density at radius 1 is 1.32 bits per heavy atom. The van der Waals surface area contributed by atoms with Crippen LogP contribution in [0.1, 0.15) is 28.4 Å². The van der Waals surface area contributed by atoms with E-state index in [1.54, 1.807) is 0 Å². The van der Waals surface area contributed by atoms with Crippen LogP contribution in [-0.4, -0.2) is 15.7 Å². The summed E-state index contributed by atoms with van der Waals surface area (Å²) in [5.41, 5.74) is 4.42. The van der Waals surface area contributed by atoms with Crippen LogP contribution in [0.4, 0.5) is 0 Å². The van der Waals surface area contributed by atoms with Crippen molar-refractivity contribution >= 4 is 23.2 Å². The Bertz CT molecular complexity index is 576. The molecule has 0 saturated heterocycles. The Morgan fingerprint density at radius 3 is 2.58 bits per heavy atom. The number of benzene rings is 1. The molecule has 0 bridgehead atoms. The lowest BCUT2D eigenvalue weighted by atomic mass is 9.94. The molecule has 2 rings (SSSR count). The monoisotopic (exact) mass is 296 g/mol. The van der Waals surface area contributed by atoms with E-state index in [1.165, 1.54) is 11.1 Å². The fourth-order valence-electron chi connectivity index (χ4n) is 2.32. The lowest BCUT2D eigenvalue weighted by Crippen LogP contribution is -2.09. The summed E-state index contributed by atoms with van der Waals surface area (Å²) in [4.78, 5) is 0. The van der Waals surface area contributed by atoms with Crippen molar-refractivity contribution in [2.45, 2.75) is 26.2 Å². The second-order valence-electron chi connectivity index (χ2n) is 4.94. The van der Waals surface area contributed by atoms with Crippen LogP contribution >= 0.6 is 23.2 Å². The molecule has 0 amide bonds. The average molecular weight is 297 g/mol. The van der Waals surface area contributed by atoms with Gasteiger partial charge in [-0.2, -0.15) is 5.10 Å². The molecule has 0 aliphatic rings. The topological polar surface area (TPSA) is 17.8 Å². The zero-order valence-electron chi connectivity index (χ0n) is 11.5. The standard InChI is InChI=1S/C15H18Cl2N2/c1-10-5-4-6-12(7-10)13(9-16)8-14-15(17)11(2)18-19(14)3/h4-7,13H,8-9H2,1-3H3. The van der Waals surface area contributed by atoms with E-state index >= 15 is 0 Å². The molecule has 1 aromatic carbocycles. The van der Waals surface area contributed by atoms with Gasteiger partial charge in [-0.25, -0.2) is 0 Å². The lowest BCUT2D eigenvalue weighted by Gasteiger charge is -2.15. The van der Waals surface area contributed by atoms with Gasteiger partial charge >= 0.3 is 0 Å². The molecule has 0 aliphatic carbocycles. The minimum absolute atomic E-state index is 0.258. The van der Waals surface area contributed by atoms with E-state index in [1.807, 2.05) is 18.7 Å². The molecule has 19 heavy (non-hydrogen) atoms. The van der Waals surface area contributed by atoms with Crippen LogP contribution < -0.4 is 0 Å². The fraction of sp³-hybridized carbons (Fsp3) is 0.400. The van der Waals surface area contributed by atoms with E-state index in [0.717, 1.165) is 22.8 Å². The molecule has 0 saturated carbocycles. The summed E-state index contributed by atoms with van der Waals surface area (Å²) in [6.45, 7) is 4.02. The molecule has 0 aliphatic heterocycles. The van der Waals surface area contributed by atoms with Crippen molar-refractivity contribution in [3.05, 3.63) is 51.8 Å². The zero-order chi connectivity index (χ0) is 14.0. The van der Waals surface area contributed by atoms with Gasteiger partial charge in [-0.3, -0.25) is 4.68 Å². The summed E-state index contributed by atoms with van der Waals surface area (Å²) >= 11 is 12.5. The molecule has 0 spiro atoms. The summed E-state index contributed by atoms with van der Waals surface area (Å²) in [5.74, 6) is 0.832. The summed E-state index contributed by atoms with van der Waals surface area (Å²) in [7, 11) is 1.93. The van der Waals surface area contributed by atoms with Gasteiger partial charge in [0, 0.05) is 18.8 Å². The van der Waals surface area contributed by atoms with Crippen LogP contribution in [0.25, 0.3) is 0 Å². The van der Waals surface area contributed by atoms with Gasteiger partial charge in [-0.05, 0) is 25.8 Å². The van der Waals surface area contributed by atoms with Gasteiger partial charge in [0.05, 0.1) is 16.4 Å². The highest BCUT2D eigenvalue weighted by Gasteiger charge is 2.18. The molecule has 102 valence electrons. The van der Waals surface area contributed by atoms with Gasteiger partial charge in [-0.15, -0.1) is 11.6 Å². The molecule has 1 heterocycles. The lowest BCUT2D eigenvalue weighted by molar-refractivity contribution is 0.657. The van der Waals surface area contributed by atoms with Gasteiger partial charge in [0.2, 0.25) is 0 Å². The third-order valence-electron chi connectivity index (χ3n) is 3.40. The SMILES string of the molecule is Cc1cccc(C(CCl)Cc2c(Cl)c(C)nn2C)c1. The number of alkyl halides is 1. The Hall–Kier alpha value is -0.990. The van der Waals surface area contributed by atoms with Crippen LogP contribution in [0.2, 0.25) is 5.02 Å². The third-order valence-corrected chi connectivity index (χ3v) is 4.27. The smallest absolute Gasteiger partial charge is 0.0847 e. The van der Waals surface area contributed by atoms with E-state index in [2.05, 4.69) is 36.3 Å². The minimum Gasteiger partial charge on any atom is -0.271 e. The normalized spacial score (nSPS) is 12.7. The van der Waals surface area contributed by atoms with Crippen molar-refractivity contribution in [2.75, 3.05) is 5.88 Å². The third kappa shape index (κ3) is 3.13. The minimum atomic E-state index is 0.258. The van der Waals surface area contributed by atoms with Gasteiger partial charge in [0.25, 0.3) is 0 Å². The molecular formula is C15H18Cl2N2. The second kappa shape index (κ2) is 5.98. The van der Waals surface area contributed by atoms with Crippen molar-refractivity contribution in [2.24, 2.45) is 7.05 Å². The van der Waals surface area contributed by atoms with E-state index in [-0.39, 0.29) is 5.92 Å². The first-order valence-corrected chi connectivity index (χ1v) is 7.24. The quantitative estimate of drug-likeness (QED) is 0.771. The summed E-state index contributed by atoms with van der Waals surface area (Å²) < 4.78 is 1.85. The van der Waals surface area contributed by atoms with E-state index < -0.39 is 0 Å². The van der Waals surface area contributed by atoms with E-state index in [0.29, 0.717) is 5.88 Å². The maximum absolute atomic E-state index is 6.31. The summed E-state index contributed by atoms with van der Waals surface area (Å²) in [6, 6.07) is 8.47. The van der Waals surface area contributed by atoms with Crippen LogP contribution in [0.5, 0.6) is 0 Å². The van der Waals surface area contributed by atoms with Gasteiger partial charge in [0.15, 0.2) is 0 Å². The largest absolute Gasteiger partial charge is 0.271 e. The van der Waals surface area contributed by atoms with Crippen LogP contribution in [0.3, 0.4) is 0 Å². The molecule has 1 atom stereocenters. The number of hydrogen-bond donors (Lipinski definition) is 0. The Balaban J connectivity index is 2.29. The summed E-state index contributed by atoms with van der Waals surface area (Å²) in [5, 5.41) is 5.11. The molecule has 1 aromatic heterocycles. The highest BCUT2D eigenvalue weighted by Crippen LogP contribution is 2.28. The van der Waals surface area contributed by atoms with Crippen molar-refractivity contribution in [1.82, 2.24) is 9.78 Å². The maximum Gasteiger partial charge on any atom is 0.0847 e. The number of aryl methyl sites for hydroxylation is 3. The molecule has 0 N–H and O–H groups in total. The van der Waals surface area contributed by atoms with Crippen molar-refractivity contribution in [1.29, 1.82) is 0 Å². The van der Waals surface area contributed by atoms with Crippen molar-refractivity contribution in [3.8, 4) is 0 Å². The van der Waals surface area contributed by atoms with Crippen LogP contribution in [-0.2, 0) is 13.5 Å². The van der Waals surface area contributed by atoms with Crippen LogP contribution in [0.15, 0.2) is 24.3 Å². The molecule has 0 fully saturated rings. The molecule has 2 aromatic rings. The van der Waals surface area contributed by atoms with Crippen molar-refractivity contribution in [3.63, 3.8) is 0 Å². The first-order chi connectivity index (χ1) is 9.02. The predicted molar refractivity (Wildman–Crippen MR) is 81.3 cm³/mol. The second-order valence-corrected chi connectivity index (χ2v) is 5.63. The molecule has 4 heteroatoms. The Kier molecular flexibility index (Phi) is 4.54. The van der Waals surface area contributed by atoms with Crippen molar-refractivity contribution < 1.29 is 0 Å². The number of rotatable bonds is 4. The molecule has 2 nitrogen and oxygen atoms in total. The molecule has 1 unspecified atom stereocenters. The number of aromatic nitrogens is 2. The Labute approximate surface area is 124 Å². The van der Waals surface area contributed by atoms with Gasteiger partial charge in [0.1, 0.15) is 0 Å². The first-order valence-electron chi connectivity index (χ1n) is 6.33. The molecule has 0 radical (unpaired) electrons. The Morgan fingerprint density at radius 2 is 2.05 bits per heavy atom.